The summed E-state index contributed by atoms with van der Waals surface area (Å²) in [5.74, 6) is -0.295. The number of halogens is 3. The molecule has 2 aliphatic rings. The van der Waals surface area contributed by atoms with E-state index in [-0.39, 0.29) is 47.7 Å². The molecule has 0 unspecified atom stereocenters. The van der Waals surface area contributed by atoms with Crippen molar-refractivity contribution in [3.8, 4) is 0 Å². The van der Waals surface area contributed by atoms with E-state index < -0.39 is 39.5 Å². The number of amides is 2. The van der Waals surface area contributed by atoms with Crippen molar-refractivity contribution in [2.75, 3.05) is 20.1 Å². The molecule has 0 spiro atoms. The lowest BCUT2D eigenvalue weighted by Gasteiger charge is -2.32. The summed E-state index contributed by atoms with van der Waals surface area (Å²) in [7, 11) is -2.45. The van der Waals surface area contributed by atoms with Gasteiger partial charge in [-0.25, -0.2) is 13.2 Å². The fourth-order valence-corrected chi connectivity index (χ4v) is 6.73. The minimum atomic E-state index is -4.55. The number of nitrogens with one attached hydrogen (secondary N) is 1. The van der Waals surface area contributed by atoms with Crippen molar-refractivity contribution >= 4 is 22.0 Å². The second-order valence-electron chi connectivity index (χ2n) is 11.7. The van der Waals surface area contributed by atoms with Gasteiger partial charge < -0.3 is 10.1 Å². The van der Waals surface area contributed by atoms with Gasteiger partial charge in [-0.3, -0.25) is 9.69 Å². The highest BCUT2D eigenvalue weighted by molar-refractivity contribution is 7.89. The Morgan fingerprint density at radius 3 is 2.24 bits per heavy atom. The van der Waals surface area contributed by atoms with E-state index in [2.05, 4.69) is 5.32 Å². The molecule has 1 saturated heterocycles. The van der Waals surface area contributed by atoms with E-state index in [4.69, 9.17) is 4.74 Å². The topological polar surface area (TPSA) is 96.0 Å². The SMILES string of the molecule is CC(C)C[C@@H](C(=O)N[C@H]1CC[C@@H]2CN(S(=O)(=O)c3ccc(C(F)(F)F)cc3)C[C@@H]21)N(C)C(=O)OC(C)(C)C. The number of hydrogen-bond donors (Lipinski definition) is 1. The molecule has 2 amide bonds. The molecule has 38 heavy (non-hydrogen) atoms. The zero-order valence-electron chi connectivity index (χ0n) is 22.7. The lowest BCUT2D eigenvalue weighted by atomic mass is 9.96. The van der Waals surface area contributed by atoms with Crippen LogP contribution < -0.4 is 5.32 Å². The first-order valence-corrected chi connectivity index (χ1v) is 14.3. The predicted molar refractivity (Wildman–Crippen MR) is 136 cm³/mol. The van der Waals surface area contributed by atoms with Crippen molar-refractivity contribution in [3.05, 3.63) is 29.8 Å². The monoisotopic (exact) mass is 561 g/mol. The smallest absolute Gasteiger partial charge is 0.416 e. The Hall–Kier alpha value is -2.34. The van der Waals surface area contributed by atoms with Crippen molar-refractivity contribution in [3.63, 3.8) is 0 Å². The number of alkyl halides is 3. The second-order valence-corrected chi connectivity index (χ2v) is 13.6. The molecular formula is C26H38F3N3O5S. The molecule has 1 heterocycles. The normalized spacial score (nSPS) is 23.3. The first-order chi connectivity index (χ1) is 17.4. The summed E-state index contributed by atoms with van der Waals surface area (Å²) in [5.41, 5.74) is -1.63. The van der Waals surface area contributed by atoms with Gasteiger partial charge in [0.05, 0.1) is 10.5 Å². The highest BCUT2D eigenvalue weighted by atomic mass is 32.2. The fraction of sp³-hybridized carbons (Fsp3) is 0.692. The van der Waals surface area contributed by atoms with E-state index in [9.17, 15) is 31.2 Å². The van der Waals surface area contributed by atoms with Crippen LogP contribution >= 0.6 is 0 Å². The van der Waals surface area contributed by atoms with Crippen LogP contribution in [0, 0.1) is 17.8 Å². The summed E-state index contributed by atoms with van der Waals surface area (Å²) >= 11 is 0. The quantitative estimate of drug-likeness (QED) is 0.529. The van der Waals surface area contributed by atoms with E-state index in [0.717, 1.165) is 24.3 Å². The van der Waals surface area contributed by atoms with Crippen molar-refractivity contribution in [2.24, 2.45) is 17.8 Å². The Labute approximate surface area is 222 Å². The van der Waals surface area contributed by atoms with Gasteiger partial charge in [0.15, 0.2) is 0 Å². The van der Waals surface area contributed by atoms with Crippen molar-refractivity contribution < 1.29 is 35.9 Å². The first kappa shape index (κ1) is 30.2. The minimum Gasteiger partial charge on any atom is -0.444 e. The van der Waals surface area contributed by atoms with E-state index in [0.29, 0.717) is 19.3 Å². The van der Waals surface area contributed by atoms with Crippen LogP contribution in [-0.2, 0) is 25.7 Å². The van der Waals surface area contributed by atoms with Crippen LogP contribution in [0.3, 0.4) is 0 Å². The van der Waals surface area contributed by atoms with E-state index in [1.165, 1.54) is 16.3 Å². The van der Waals surface area contributed by atoms with Gasteiger partial charge in [0.2, 0.25) is 15.9 Å². The molecule has 8 nitrogen and oxygen atoms in total. The third-order valence-electron chi connectivity index (χ3n) is 7.12. The standard InChI is InChI=1S/C26H38F3N3O5S/c1-16(2)13-22(31(6)24(34)37-25(3,4)5)23(33)30-21-12-7-17-14-32(15-20(17)21)38(35,36)19-10-8-18(9-11-19)26(27,28)29/h8-11,16-17,20-22H,7,12-15H2,1-6H3,(H,30,33)/t17-,20+,21+,22+/m1/s1. The molecule has 12 heteroatoms. The average Bonchev–Trinajstić information content (AvgIpc) is 3.37. The fourth-order valence-electron chi connectivity index (χ4n) is 5.19. The van der Waals surface area contributed by atoms with Crippen LogP contribution in [0.5, 0.6) is 0 Å². The number of benzene rings is 1. The van der Waals surface area contributed by atoms with Gasteiger partial charge in [-0.05, 0) is 82.1 Å². The summed E-state index contributed by atoms with van der Waals surface area (Å²) in [5, 5.41) is 3.06. The third kappa shape index (κ3) is 6.99. The van der Waals surface area contributed by atoms with Gasteiger partial charge in [-0.15, -0.1) is 0 Å². The first-order valence-electron chi connectivity index (χ1n) is 12.8. The zero-order valence-corrected chi connectivity index (χ0v) is 23.5. The number of fused-ring (bicyclic) bond motifs is 1. The predicted octanol–water partition coefficient (Wildman–Crippen LogP) is 4.50. The molecule has 1 aliphatic heterocycles. The minimum absolute atomic E-state index is 0.0247. The number of carbonyl (C=O) groups is 2. The molecule has 0 bridgehead atoms. The van der Waals surface area contributed by atoms with E-state index >= 15 is 0 Å². The van der Waals surface area contributed by atoms with Gasteiger partial charge in [0.25, 0.3) is 0 Å². The lowest BCUT2D eigenvalue weighted by Crippen LogP contribution is -2.52. The Balaban J connectivity index is 1.70. The molecule has 1 aromatic rings. The maximum Gasteiger partial charge on any atom is 0.416 e. The molecule has 2 fully saturated rings. The second kappa shape index (κ2) is 11.0. The van der Waals surface area contributed by atoms with E-state index in [1.807, 2.05) is 13.8 Å². The summed E-state index contributed by atoms with van der Waals surface area (Å²) < 4.78 is 71.7. The summed E-state index contributed by atoms with van der Waals surface area (Å²) in [6, 6.07) is 2.47. The highest BCUT2D eigenvalue weighted by Gasteiger charge is 2.47. The van der Waals surface area contributed by atoms with Crippen molar-refractivity contribution in [1.29, 1.82) is 0 Å². The zero-order chi connectivity index (χ0) is 28.6. The van der Waals surface area contributed by atoms with E-state index in [1.54, 1.807) is 20.8 Å². The Morgan fingerprint density at radius 2 is 1.71 bits per heavy atom. The maximum atomic E-state index is 13.4. The number of nitrogens with zero attached hydrogens (tertiary/aromatic N) is 2. The van der Waals surface area contributed by atoms with Gasteiger partial charge in [0, 0.05) is 26.2 Å². The molecule has 1 N–H and O–H groups in total. The Kier molecular flexibility index (Phi) is 8.77. The molecule has 1 aliphatic carbocycles. The molecule has 3 rings (SSSR count). The highest BCUT2D eigenvalue weighted by Crippen LogP contribution is 2.40. The summed E-state index contributed by atoms with van der Waals surface area (Å²) in [6.07, 6.45) is -3.33. The van der Waals surface area contributed by atoms with Crippen LogP contribution in [0.4, 0.5) is 18.0 Å². The number of ether oxygens (including phenoxy) is 1. The molecule has 1 aromatic carbocycles. The Morgan fingerprint density at radius 1 is 1.11 bits per heavy atom. The third-order valence-corrected chi connectivity index (χ3v) is 8.96. The molecule has 214 valence electrons. The Bertz CT molecular complexity index is 1120. The number of rotatable bonds is 7. The van der Waals surface area contributed by atoms with Gasteiger partial charge in [-0.1, -0.05) is 13.8 Å². The van der Waals surface area contributed by atoms with Crippen LogP contribution in [0.25, 0.3) is 0 Å². The number of hydrogen-bond acceptors (Lipinski definition) is 5. The molecular weight excluding hydrogens is 523 g/mol. The molecule has 0 aromatic heterocycles. The average molecular weight is 562 g/mol. The van der Waals surface area contributed by atoms with Crippen LogP contribution in [0.1, 0.15) is 59.4 Å². The largest absolute Gasteiger partial charge is 0.444 e. The van der Waals surface area contributed by atoms with Crippen LogP contribution in [0.15, 0.2) is 29.2 Å². The number of carbonyl (C=O) groups excluding carboxylic acids is 2. The maximum absolute atomic E-state index is 13.4. The van der Waals surface area contributed by atoms with Gasteiger partial charge in [0.1, 0.15) is 11.6 Å². The summed E-state index contributed by atoms with van der Waals surface area (Å²) in [4.78, 5) is 27.1. The van der Waals surface area contributed by atoms with Crippen molar-refractivity contribution in [1.82, 2.24) is 14.5 Å². The van der Waals surface area contributed by atoms with Crippen LogP contribution in [-0.4, -0.2) is 67.4 Å². The molecule has 1 saturated carbocycles. The van der Waals surface area contributed by atoms with Crippen molar-refractivity contribution in [2.45, 2.75) is 82.6 Å². The summed E-state index contributed by atoms with van der Waals surface area (Å²) in [6.45, 7) is 9.56. The molecule has 0 radical (unpaired) electrons. The molecule has 4 atom stereocenters. The number of likely N-dealkylation sites (N-methyl/N-ethyl adjacent to an activating group) is 1. The lowest BCUT2D eigenvalue weighted by molar-refractivity contribution is -0.137. The number of sulfonamides is 1. The van der Waals surface area contributed by atoms with Gasteiger partial charge in [-0.2, -0.15) is 17.5 Å². The van der Waals surface area contributed by atoms with Gasteiger partial charge >= 0.3 is 12.3 Å². The van der Waals surface area contributed by atoms with Crippen LogP contribution in [0.2, 0.25) is 0 Å².